The Morgan fingerprint density at radius 1 is 0.172 bits per heavy atom. The van der Waals surface area contributed by atoms with E-state index in [9.17, 15) is 0 Å². The third-order valence-corrected chi connectivity index (χ3v) is 25.5. The number of hydrogen-bond acceptors (Lipinski definition) is 4. The second-order valence-electron chi connectivity index (χ2n) is 32.0. The van der Waals surface area contributed by atoms with E-state index in [1.807, 2.05) is 6.07 Å². The molecular formula is C116H72N4O2. The van der Waals surface area contributed by atoms with Gasteiger partial charge in [0.15, 0.2) is 0 Å². The lowest BCUT2D eigenvalue weighted by Gasteiger charge is -2.30. The van der Waals surface area contributed by atoms with Crippen molar-refractivity contribution in [3.63, 3.8) is 0 Å². The van der Waals surface area contributed by atoms with Gasteiger partial charge >= 0.3 is 0 Å². The molecule has 0 aliphatic rings. The van der Waals surface area contributed by atoms with Crippen LogP contribution in [-0.4, -0.2) is 9.13 Å². The van der Waals surface area contributed by atoms with Gasteiger partial charge < -0.3 is 27.8 Å². The average molecular weight is 1550 g/mol. The van der Waals surface area contributed by atoms with Crippen molar-refractivity contribution in [2.45, 2.75) is 0 Å². The van der Waals surface area contributed by atoms with Crippen LogP contribution in [0.1, 0.15) is 0 Å². The summed E-state index contributed by atoms with van der Waals surface area (Å²) in [4.78, 5) is 4.92. The molecule has 0 aliphatic heterocycles. The van der Waals surface area contributed by atoms with Crippen molar-refractivity contribution in [3.05, 3.63) is 437 Å². The predicted molar refractivity (Wildman–Crippen MR) is 514 cm³/mol. The van der Waals surface area contributed by atoms with Crippen LogP contribution in [0.3, 0.4) is 0 Å². The molecule has 0 radical (unpaired) electrons. The van der Waals surface area contributed by atoms with E-state index in [1.165, 1.54) is 75.9 Å². The fourth-order valence-corrected chi connectivity index (χ4v) is 20.0. The zero-order chi connectivity index (χ0) is 80.0. The van der Waals surface area contributed by atoms with Gasteiger partial charge in [0.25, 0.3) is 0 Å². The maximum absolute atomic E-state index is 7.41. The Morgan fingerprint density at radius 2 is 0.516 bits per heavy atom. The second kappa shape index (κ2) is 27.7. The molecule has 21 aromatic carbocycles. The largest absolute Gasteiger partial charge is 0.455 e. The van der Waals surface area contributed by atoms with Crippen LogP contribution in [0.2, 0.25) is 0 Å². The quantitative estimate of drug-likeness (QED) is 0.108. The fraction of sp³-hybridized carbons (Fsp3) is 0. The van der Waals surface area contributed by atoms with Gasteiger partial charge in [-0.2, -0.15) is 0 Å². The Bertz CT molecular complexity index is 8470. The van der Waals surface area contributed by atoms with Crippen LogP contribution in [0.5, 0.6) is 0 Å². The van der Waals surface area contributed by atoms with E-state index in [0.29, 0.717) is 0 Å². The summed E-state index contributed by atoms with van der Waals surface area (Å²) in [5.74, 6) is 0. The summed E-state index contributed by atoms with van der Waals surface area (Å²) in [6, 6.07) is 160. The van der Waals surface area contributed by atoms with Gasteiger partial charge in [-0.3, -0.25) is 0 Å². The van der Waals surface area contributed by atoms with Gasteiger partial charge in [0.05, 0.1) is 50.5 Å². The van der Waals surface area contributed by atoms with Crippen LogP contribution >= 0.6 is 0 Å². The van der Waals surface area contributed by atoms with Crippen LogP contribution in [-0.2, 0) is 0 Å². The number of nitrogens with zero attached hydrogens (tertiary/aromatic N) is 4. The number of fused-ring (bicyclic) bond motifs is 21. The van der Waals surface area contributed by atoms with Crippen molar-refractivity contribution < 1.29 is 8.83 Å². The molecule has 0 saturated carbocycles. The minimum atomic E-state index is 0.812. The molecule has 4 aromatic heterocycles. The highest BCUT2D eigenvalue weighted by atomic mass is 16.3. The van der Waals surface area contributed by atoms with Gasteiger partial charge in [0.2, 0.25) is 0 Å². The van der Waals surface area contributed by atoms with Crippen LogP contribution < -0.4 is 9.80 Å². The molecule has 0 aliphatic carbocycles. The summed E-state index contributed by atoms with van der Waals surface area (Å²) in [6.45, 7) is 0. The Hall–Kier alpha value is -16.3. The highest BCUT2D eigenvalue weighted by molar-refractivity contribution is 6.26. The Morgan fingerprint density at radius 3 is 1.06 bits per heavy atom. The summed E-state index contributed by atoms with van der Waals surface area (Å²) in [5.41, 5.74) is 27.2. The van der Waals surface area contributed by atoms with Crippen molar-refractivity contribution in [1.29, 1.82) is 0 Å². The molecule has 0 saturated heterocycles. The Balaban J connectivity index is 0.626. The maximum atomic E-state index is 7.41. The number of aromatic nitrogens is 2. The van der Waals surface area contributed by atoms with Gasteiger partial charge in [-0.1, -0.05) is 322 Å². The molecule has 6 heteroatoms. The SMILES string of the molecule is c1ccc(N(c2ccc(-c3ccccc3-n3c4ccccc4c4ccccc43)cc2)c2ccc3c4ccccc4c4ccccc4c3c2)c(-c2cccc3c2oc2cc(-c4ccc5c(N(c6ccc(-c7ccccc7-n7c8ccccc8c8ccccc87)cc6)c6ccccc6-c6cccc7c6oc6ccccc67)cc6ccccc6c5c4)ccc23)c1. The first kappa shape index (κ1) is 68.9. The summed E-state index contributed by atoms with van der Waals surface area (Å²) < 4.78 is 19.1. The summed E-state index contributed by atoms with van der Waals surface area (Å²) in [6.07, 6.45) is 0. The van der Waals surface area contributed by atoms with Crippen LogP contribution in [0.15, 0.2) is 446 Å². The third kappa shape index (κ3) is 10.8. The monoisotopic (exact) mass is 1550 g/mol. The standard InChI is InChI=1S/C116H72N4O2/c1-2-28-81-77(27-1)70-112(118(107-49-19-14-40-94(107)99-43-25-44-100-96-41-15-24-54-113(96)121-115(99)100)79-63-57-74(58-64-79)83-30-8-17-47-105(83)120-110-52-22-11-37-91(110)92-38-12-23-53-111(92)120)95-66-59-75(69-102(81)95)76-60-67-97-101-45-26-42-98(116(101)122-114(97)71-76)93-39-13-18-48-106(93)117(80-65-68-88-86-33-4-3-31-84(86)85-32-5-6-34-87(85)103(88)72-80)78-61-55-73(56-62-78)82-29-7-16-46-104(82)119-108-50-20-9-35-89(108)90-36-10-21-51-109(90)119/h1-72H. The average Bonchev–Trinajstić information content (AvgIpc) is 0.921. The molecule has 0 atom stereocenters. The van der Waals surface area contributed by atoms with Gasteiger partial charge in [0, 0.05) is 98.9 Å². The first-order valence-electron chi connectivity index (χ1n) is 41.9. The minimum Gasteiger partial charge on any atom is -0.455 e. The van der Waals surface area contributed by atoms with E-state index in [1.54, 1.807) is 0 Å². The zero-order valence-electron chi connectivity index (χ0n) is 66.2. The number of benzene rings is 21. The summed E-state index contributed by atoms with van der Waals surface area (Å²) in [5, 5.41) is 21.1. The van der Waals surface area contributed by atoms with E-state index in [2.05, 4.69) is 450 Å². The number of rotatable bonds is 13. The van der Waals surface area contributed by atoms with E-state index in [-0.39, 0.29) is 0 Å². The topological polar surface area (TPSA) is 42.6 Å². The maximum Gasteiger partial charge on any atom is 0.143 e. The summed E-state index contributed by atoms with van der Waals surface area (Å²) in [7, 11) is 0. The van der Waals surface area contributed by atoms with Crippen LogP contribution in [0.25, 0.3) is 208 Å². The highest BCUT2D eigenvalue weighted by Crippen LogP contribution is 2.52. The van der Waals surface area contributed by atoms with Gasteiger partial charge in [0.1, 0.15) is 22.3 Å². The van der Waals surface area contributed by atoms with E-state index in [0.717, 1.165) is 167 Å². The molecular weight excluding hydrogens is 1480 g/mol. The Kier molecular flexibility index (Phi) is 15.6. The van der Waals surface area contributed by atoms with Crippen molar-refractivity contribution in [1.82, 2.24) is 9.13 Å². The van der Waals surface area contributed by atoms with Gasteiger partial charge in [-0.05, 0) is 186 Å². The second-order valence-corrected chi connectivity index (χ2v) is 32.0. The number of furan rings is 2. The molecule has 0 unspecified atom stereocenters. The van der Waals surface area contributed by atoms with Crippen molar-refractivity contribution in [2.75, 3.05) is 9.80 Å². The molecule has 0 bridgehead atoms. The van der Waals surface area contributed by atoms with E-state index < -0.39 is 0 Å². The van der Waals surface area contributed by atoms with Crippen LogP contribution in [0, 0.1) is 0 Å². The first-order chi connectivity index (χ1) is 60.5. The normalized spacial score (nSPS) is 11.9. The summed E-state index contributed by atoms with van der Waals surface area (Å²) >= 11 is 0. The molecule has 0 fully saturated rings. The van der Waals surface area contributed by atoms with Crippen molar-refractivity contribution >= 4 is 175 Å². The number of hydrogen-bond donors (Lipinski definition) is 0. The lowest BCUT2D eigenvalue weighted by molar-refractivity contribution is 0.669. The molecule has 568 valence electrons. The molecule has 122 heavy (non-hydrogen) atoms. The molecule has 25 rings (SSSR count). The first-order valence-corrected chi connectivity index (χ1v) is 41.9. The van der Waals surface area contributed by atoms with E-state index in [4.69, 9.17) is 8.83 Å². The van der Waals surface area contributed by atoms with E-state index >= 15 is 0 Å². The van der Waals surface area contributed by atoms with Crippen molar-refractivity contribution in [3.8, 4) is 67.0 Å². The molecule has 0 spiro atoms. The van der Waals surface area contributed by atoms with Crippen LogP contribution in [0.4, 0.5) is 34.1 Å². The third-order valence-electron chi connectivity index (χ3n) is 25.5. The minimum absolute atomic E-state index is 0.812. The number of anilines is 6. The Labute approximate surface area is 702 Å². The highest BCUT2D eigenvalue weighted by Gasteiger charge is 2.28. The molecule has 0 N–H and O–H groups in total. The van der Waals surface area contributed by atoms with Gasteiger partial charge in [-0.15, -0.1) is 0 Å². The smallest absolute Gasteiger partial charge is 0.143 e. The molecule has 0 amide bonds. The number of para-hydroxylation sites is 11. The molecule has 4 heterocycles. The van der Waals surface area contributed by atoms with Crippen molar-refractivity contribution in [2.24, 2.45) is 0 Å². The van der Waals surface area contributed by atoms with Gasteiger partial charge in [-0.25, -0.2) is 0 Å². The fourth-order valence-electron chi connectivity index (χ4n) is 20.0. The lowest BCUT2D eigenvalue weighted by atomic mass is 9.93. The zero-order valence-corrected chi connectivity index (χ0v) is 66.2. The predicted octanol–water partition coefficient (Wildman–Crippen LogP) is 32.7. The lowest BCUT2D eigenvalue weighted by Crippen LogP contribution is -2.12. The molecule has 6 nitrogen and oxygen atoms in total. The molecule has 25 aromatic rings.